The van der Waals surface area contributed by atoms with Crippen LogP contribution < -0.4 is 10.1 Å². The fourth-order valence-electron chi connectivity index (χ4n) is 1.89. The second-order valence-corrected chi connectivity index (χ2v) is 4.93. The van der Waals surface area contributed by atoms with Crippen molar-refractivity contribution < 1.29 is 17.9 Å². The molecule has 1 rings (SSSR count). The Labute approximate surface area is 118 Å². The lowest BCUT2D eigenvalue weighted by Crippen LogP contribution is -2.20. The van der Waals surface area contributed by atoms with Gasteiger partial charge in [-0.2, -0.15) is 13.2 Å². The number of hydrogen-bond donors (Lipinski definition) is 1. The molecule has 114 valence electrons. The maximum atomic E-state index is 12.2. The summed E-state index contributed by atoms with van der Waals surface area (Å²) in [5, 5.41) is 3.32. The summed E-state index contributed by atoms with van der Waals surface area (Å²) >= 11 is 0. The molecule has 1 atom stereocenters. The van der Waals surface area contributed by atoms with Gasteiger partial charge in [-0.25, -0.2) is 0 Å². The number of alkyl halides is 3. The van der Waals surface area contributed by atoms with Crippen molar-refractivity contribution in [1.82, 2.24) is 5.32 Å². The maximum Gasteiger partial charge on any atom is 0.392 e. The third kappa shape index (κ3) is 5.82. The van der Waals surface area contributed by atoms with Crippen LogP contribution in [0.1, 0.15) is 43.9 Å². The average molecular weight is 289 g/mol. The third-order valence-electron chi connectivity index (χ3n) is 2.98. The van der Waals surface area contributed by atoms with Crippen LogP contribution in [0, 0.1) is 6.92 Å². The number of benzene rings is 1. The minimum atomic E-state index is -4.18. The molecule has 1 aromatic carbocycles. The van der Waals surface area contributed by atoms with E-state index in [9.17, 15) is 13.2 Å². The Kier molecular flexibility index (Phi) is 6.33. The fraction of sp³-hybridized carbons (Fsp3) is 0.600. The van der Waals surface area contributed by atoms with Crippen molar-refractivity contribution in [3.8, 4) is 5.75 Å². The van der Waals surface area contributed by atoms with E-state index >= 15 is 0 Å². The molecule has 0 heterocycles. The van der Waals surface area contributed by atoms with Crippen molar-refractivity contribution in [2.45, 2.75) is 45.8 Å². The molecule has 0 spiro atoms. The zero-order valence-corrected chi connectivity index (χ0v) is 12.2. The first-order chi connectivity index (χ1) is 9.33. The summed E-state index contributed by atoms with van der Waals surface area (Å²) in [5.74, 6) is 0.524. The minimum Gasteiger partial charge on any atom is -0.493 e. The number of halogens is 3. The largest absolute Gasteiger partial charge is 0.493 e. The molecular weight excluding hydrogens is 267 g/mol. The Morgan fingerprint density at radius 1 is 1.30 bits per heavy atom. The molecule has 0 aliphatic carbocycles. The minimum absolute atomic E-state index is 0.0516. The van der Waals surface area contributed by atoms with Gasteiger partial charge in [-0.05, 0) is 32.9 Å². The van der Waals surface area contributed by atoms with Crippen molar-refractivity contribution >= 4 is 0 Å². The van der Waals surface area contributed by atoms with Crippen molar-refractivity contribution in [3.63, 3.8) is 0 Å². The third-order valence-corrected chi connectivity index (χ3v) is 2.98. The molecule has 20 heavy (non-hydrogen) atoms. The van der Waals surface area contributed by atoms with E-state index in [-0.39, 0.29) is 12.6 Å². The van der Waals surface area contributed by atoms with Crippen molar-refractivity contribution in [1.29, 1.82) is 0 Å². The molecule has 2 nitrogen and oxygen atoms in total. The van der Waals surface area contributed by atoms with Gasteiger partial charge in [0.1, 0.15) is 5.75 Å². The van der Waals surface area contributed by atoms with E-state index in [0.29, 0.717) is 5.75 Å². The number of rotatable bonds is 7. The molecule has 0 fully saturated rings. The highest BCUT2D eigenvalue weighted by atomic mass is 19.4. The predicted octanol–water partition coefficient (Wildman–Crippen LogP) is 4.39. The van der Waals surface area contributed by atoms with Gasteiger partial charge in [-0.3, -0.25) is 0 Å². The van der Waals surface area contributed by atoms with Crippen LogP contribution in [0.4, 0.5) is 13.2 Å². The highest BCUT2D eigenvalue weighted by molar-refractivity contribution is 5.39. The average Bonchev–Trinajstić information content (AvgIpc) is 2.36. The summed E-state index contributed by atoms with van der Waals surface area (Å²) in [7, 11) is 0. The molecule has 0 radical (unpaired) electrons. The standard InChI is InChI=1S/C15H22F3NO/c1-4-8-19-12(3)13-10-11(2)5-6-14(13)20-9-7-15(16,17)18/h5-6,10,12,19H,4,7-9H2,1-3H3. The monoisotopic (exact) mass is 289 g/mol. The van der Waals surface area contributed by atoms with Crippen molar-refractivity contribution in [2.75, 3.05) is 13.2 Å². The van der Waals surface area contributed by atoms with E-state index in [1.165, 1.54) is 0 Å². The summed E-state index contributed by atoms with van der Waals surface area (Å²) in [4.78, 5) is 0. The lowest BCUT2D eigenvalue weighted by molar-refractivity contribution is -0.139. The lowest BCUT2D eigenvalue weighted by atomic mass is 10.0. The van der Waals surface area contributed by atoms with E-state index < -0.39 is 12.6 Å². The predicted molar refractivity (Wildman–Crippen MR) is 74.1 cm³/mol. The summed E-state index contributed by atoms with van der Waals surface area (Å²) in [5.41, 5.74) is 1.97. The van der Waals surface area contributed by atoms with Gasteiger partial charge in [0.05, 0.1) is 13.0 Å². The smallest absolute Gasteiger partial charge is 0.392 e. The molecule has 0 saturated carbocycles. The number of nitrogens with one attached hydrogen (secondary N) is 1. The van der Waals surface area contributed by atoms with Gasteiger partial charge in [-0.1, -0.05) is 24.6 Å². The van der Waals surface area contributed by atoms with Crippen LogP contribution in [0.3, 0.4) is 0 Å². The molecule has 0 saturated heterocycles. The van der Waals surface area contributed by atoms with Gasteiger partial charge in [0, 0.05) is 11.6 Å². The van der Waals surface area contributed by atoms with Crippen LogP contribution >= 0.6 is 0 Å². The molecule has 1 aromatic rings. The first-order valence-corrected chi connectivity index (χ1v) is 6.87. The van der Waals surface area contributed by atoms with Gasteiger partial charge in [-0.15, -0.1) is 0 Å². The van der Waals surface area contributed by atoms with E-state index in [4.69, 9.17) is 4.74 Å². The van der Waals surface area contributed by atoms with Crippen LogP contribution in [0.15, 0.2) is 18.2 Å². The van der Waals surface area contributed by atoms with Crippen LogP contribution in [0.25, 0.3) is 0 Å². The summed E-state index contributed by atoms with van der Waals surface area (Å²) in [6.45, 7) is 6.52. The Bertz CT molecular complexity index is 418. The highest BCUT2D eigenvalue weighted by Gasteiger charge is 2.27. The molecule has 0 aliphatic rings. The lowest BCUT2D eigenvalue weighted by Gasteiger charge is -2.19. The van der Waals surface area contributed by atoms with Crippen LogP contribution in [-0.4, -0.2) is 19.3 Å². The normalized spacial score (nSPS) is 13.3. The highest BCUT2D eigenvalue weighted by Crippen LogP contribution is 2.27. The maximum absolute atomic E-state index is 12.2. The Hall–Kier alpha value is -1.23. The number of ether oxygens (including phenoxy) is 1. The molecule has 0 amide bonds. The summed E-state index contributed by atoms with van der Waals surface area (Å²) in [6.07, 6.45) is -4.12. The molecule has 1 N–H and O–H groups in total. The summed E-state index contributed by atoms with van der Waals surface area (Å²) in [6, 6.07) is 5.59. The molecule has 0 bridgehead atoms. The Morgan fingerprint density at radius 2 is 2.00 bits per heavy atom. The summed E-state index contributed by atoms with van der Waals surface area (Å²) < 4.78 is 41.8. The van der Waals surface area contributed by atoms with Gasteiger partial charge in [0.25, 0.3) is 0 Å². The van der Waals surface area contributed by atoms with Crippen LogP contribution in [0.2, 0.25) is 0 Å². The zero-order valence-electron chi connectivity index (χ0n) is 12.2. The molecular formula is C15H22F3NO. The van der Waals surface area contributed by atoms with E-state index in [1.54, 1.807) is 6.07 Å². The van der Waals surface area contributed by atoms with Crippen LogP contribution in [-0.2, 0) is 0 Å². The van der Waals surface area contributed by atoms with Crippen molar-refractivity contribution in [2.24, 2.45) is 0 Å². The van der Waals surface area contributed by atoms with Crippen molar-refractivity contribution in [3.05, 3.63) is 29.3 Å². The van der Waals surface area contributed by atoms with Gasteiger partial charge in [0.15, 0.2) is 0 Å². The topological polar surface area (TPSA) is 21.3 Å². The number of aryl methyl sites for hydroxylation is 1. The Balaban J connectivity index is 2.74. The molecule has 1 unspecified atom stereocenters. The van der Waals surface area contributed by atoms with Gasteiger partial charge < -0.3 is 10.1 Å². The molecule has 5 heteroatoms. The second kappa shape index (κ2) is 7.53. The molecule has 0 aromatic heterocycles. The molecule has 0 aliphatic heterocycles. The van der Waals surface area contributed by atoms with Gasteiger partial charge >= 0.3 is 6.18 Å². The number of hydrogen-bond acceptors (Lipinski definition) is 2. The second-order valence-electron chi connectivity index (χ2n) is 4.93. The van der Waals surface area contributed by atoms with E-state index in [1.807, 2.05) is 26.0 Å². The SMILES string of the molecule is CCCNC(C)c1cc(C)ccc1OCCC(F)(F)F. The van der Waals surface area contributed by atoms with E-state index in [0.717, 1.165) is 24.1 Å². The fourth-order valence-corrected chi connectivity index (χ4v) is 1.89. The quantitative estimate of drug-likeness (QED) is 0.804. The van der Waals surface area contributed by atoms with Crippen LogP contribution in [0.5, 0.6) is 5.75 Å². The van der Waals surface area contributed by atoms with E-state index in [2.05, 4.69) is 12.2 Å². The zero-order chi connectivity index (χ0) is 15.2. The van der Waals surface area contributed by atoms with Gasteiger partial charge in [0.2, 0.25) is 0 Å². The Morgan fingerprint density at radius 3 is 2.60 bits per heavy atom. The first-order valence-electron chi connectivity index (χ1n) is 6.87. The first kappa shape index (κ1) is 16.8.